The minimum absolute atomic E-state index is 0.336. The van der Waals surface area contributed by atoms with Crippen LogP contribution in [0.4, 0.5) is 0 Å². The molecule has 0 aliphatic rings. The zero-order chi connectivity index (χ0) is 14.7. The molecule has 2 nitrogen and oxygen atoms in total. The number of rotatable bonds is 5. The molecule has 0 bridgehead atoms. The topological polar surface area (TPSA) is 17.8 Å². The van der Waals surface area contributed by atoms with Gasteiger partial charge in [-0.1, -0.05) is 45.7 Å². The lowest BCUT2D eigenvalue weighted by Crippen LogP contribution is -2.13. The Labute approximate surface area is 138 Å². The van der Waals surface area contributed by atoms with Gasteiger partial charge in [0.15, 0.2) is 0 Å². The third-order valence-corrected chi connectivity index (χ3v) is 5.13. The van der Waals surface area contributed by atoms with Gasteiger partial charge in [-0.05, 0) is 37.3 Å². The highest BCUT2D eigenvalue weighted by Gasteiger charge is 2.17. The summed E-state index contributed by atoms with van der Waals surface area (Å²) >= 11 is 16.0. The van der Waals surface area contributed by atoms with Crippen LogP contribution in [-0.4, -0.2) is 15.7 Å². The van der Waals surface area contributed by atoms with E-state index in [1.54, 1.807) is 0 Å². The summed E-state index contributed by atoms with van der Waals surface area (Å²) in [6, 6.07) is 8.25. The number of hydrogen-bond donors (Lipinski definition) is 0. The summed E-state index contributed by atoms with van der Waals surface area (Å²) in [6.45, 7) is 1.93. The lowest BCUT2D eigenvalue weighted by atomic mass is 9.96. The molecular formula is C15H17BrCl2N2. The van der Waals surface area contributed by atoms with Crippen LogP contribution in [0.1, 0.15) is 17.0 Å². The van der Waals surface area contributed by atoms with Crippen molar-refractivity contribution in [1.82, 2.24) is 9.78 Å². The number of alkyl halides is 1. The third-order valence-electron chi connectivity index (χ3n) is 3.43. The van der Waals surface area contributed by atoms with Crippen molar-refractivity contribution in [2.45, 2.75) is 19.8 Å². The molecule has 0 saturated carbocycles. The van der Waals surface area contributed by atoms with Gasteiger partial charge in [-0.2, -0.15) is 5.10 Å². The second-order valence-corrected chi connectivity index (χ2v) is 6.53. The predicted molar refractivity (Wildman–Crippen MR) is 88.7 cm³/mol. The molecule has 20 heavy (non-hydrogen) atoms. The molecule has 0 amide bonds. The van der Waals surface area contributed by atoms with Gasteiger partial charge in [-0.15, -0.1) is 11.6 Å². The Hall–Kier alpha value is -0.510. The number of benzene rings is 1. The van der Waals surface area contributed by atoms with Crippen molar-refractivity contribution in [3.63, 3.8) is 0 Å². The van der Waals surface area contributed by atoms with Crippen LogP contribution in [0.2, 0.25) is 5.02 Å². The van der Waals surface area contributed by atoms with Crippen LogP contribution >= 0.6 is 39.1 Å². The fraction of sp³-hybridized carbons (Fsp3) is 0.400. The Morgan fingerprint density at radius 1 is 1.30 bits per heavy atom. The van der Waals surface area contributed by atoms with Crippen molar-refractivity contribution in [1.29, 1.82) is 0 Å². The average molecular weight is 376 g/mol. The van der Waals surface area contributed by atoms with Crippen molar-refractivity contribution in [3.05, 3.63) is 50.7 Å². The Bertz CT molecular complexity index is 596. The summed E-state index contributed by atoms with van der Waals surface area (Å²) < 4.78 is 2.99. The van der Waals surface area contributed by atoms with E-state index in [0.29, 0.717) is 11.8 Å². The second-order valence-electron chi connectivity index (χ2n) is 4.99. The predicted octanol–water partition coefficient (Wildman–Crippen LogP) is 4.78. The highest BCUT2D eigenvalue weighted by molar-refractivity contribution is 9.10. The third kappa shape index (κ3) is 3.57. The maximum atomic E-state index is 6.31. The molecule has 0 aliphatic heterocycles. The first-order valence-electron chi connectivity index (χ1n) is 6.50. The van der Waals surface area contributed by atoms with E-state index < -0.39 is 0 Å². The number of hydrogen-bond acceptors (Lipinski definition) is 1. The maximum Gasteiger partial charge on any atom is 0.0847 e. The molecule has 0 saturated heterocycles. The van der Waals surface area contributed by atoms with Crippen molar-refractivity contribution < 1.29 is 0 Å². The van der Waals surface area contributed by atoms with Crippen LogP contribution in [0.5, 0.6) is 0 Å². The second kappa shape index (κ2) is 6.97. The molecule has 0 aliphatic carbocycles. The molecule has 2 aromatic rings. The average Bonchev–Trinajstić information content (AvgIpc) is 2.66. The highest BCUT2D eigenvalue weighted by Crippen LogP contribution is 2.26. The minimum atomic E-state index is 0.336. The Balaban J connectivity index is 2.15. The van der Waals surface area contributed by atoms with Crippen LogP contribution in [0, 0.1) is 12.8 Å². The quantitative estimate of drug-likeness (QED) is 0.687. The van der Waals surface area contributed by atoms with Gasteiger partial charge in [-0.25, -0.2) is 0 Å². The lowest BCUT2D eigenvalue weighted by Gasteiger charge is -2.15. The van der Waals surface area contributed by atoms with E-state index in [-0.39, 0.29) is 0 Å². The van der Waals surface area contributed by atoms with Gasteiger partial charge in [-0.3, -0.25) is 4.68 Å². The zero-order valence-electron chi connectivity index (χ0n) is 11.5. The van der Waals surface area contributed by atoms with E-state index in [2.05, 4.69) is 33.2 Å². The normalized spacial score (nSPS) is 12.7. The molecule has 5 heteroatoms. The van der Waals surface area contributed by atoms with Crippen molar-refractivity contribution in [3.8, 4) is 0 Å². The molecule has 1 heterocycles. The first-order valence-corrected chi connectivity index (χ1v) is 8.20. The van der Waals surface area contributed by atoms with Crippen molar-refractivity contribution >= 4 is 39.1 Å². The SMILES string of the molecule is Cc1nn(C)c(CC(CCl)Cc2ccccc2Br)c1Cl. The van der Waals surface area contributed by atoms with E-state index in [1.165, 1.54) is 5.56 Å². The Kier molecular flexibility index (Phi) is 5.53. The molecule has 1 unspecified atom stereocenters. The summed E-state index contributed by atoms with van der Waals surface area (Å²) in [5.41, 5.74) is 3.20. The number of aryl methyl sites for hydroxylation is 2. The summed E-state index contributed by atoms with van der Waals surface area (Å²) in [5.74, 6) is 0.935. The van der Waals surface area contributed by atoms with Gasteiger partial charge in [0, 0.05) is 17.4 Å². The molecule has 0 radical (unpaired) electrons. The van der Waals surface area contributed by atoms with Crippen LogP contribution in [0.25, 0.3) is 0 Å². The molecule has 0 spiro atoms. The minimum Gasteiger partial charge on any atom is -0.271 e. The first-order chi connectivity index (χ1) is 9.52. The maximum absolute atomic E-state index is 6.31. The Morgan fingerprint density at radius 3 is 2.55 bits per heavy atom. The largest absolute Gasteiger partial charge is 0.271 e. The van der Waals surface area contributed by atoms with Gasteiger partial charge in [0.2, 0.25) is 0 Å². The fourth-order valence-electron chi connectivity index (χ4n) is 2.33. The summed E-state index contributed by atoms with van der Waals surface area (Å²) in [6.07, 6.45) is 1.76. The number of halogens is 3. The highest BCUT2D eigenvalue weighted by atomic mass is 79.9. The van der Waals surface area contributed by atoms with E-state index in [9.17, 15) is 0 Å². The molecule has 0 N–H and O–H groups in total. The Morgan fingerprint density at radius 2 is 2.00 bits per heavy atom. The van der Waals surface area contributed by atoms with Gasteiger partial charge in [0.1, 0.15) is 0 Å². The van der Waals surface area contributed by atoms with E-state index >= 15 is 0 Å². The molecule has 0 fully saturated rings. The van der Waals surface area contributed by atoms with Crippen molar-refractivity contribution in [2.75, 3.05) is 5.88 Å². The number of nitrogens with zero attached hydrogens (tertiary/aromatic N) is 2. The molecule has 1 aromatic carbocycles. The van der Waals surface area contributed by atoms with Gasteiger partial charge < -0.3 is 0 Å². The van der Waals surface area contributed by atoms with E-state index in [1.807, 2.05) is 30.8 Å². The fourth-order valence-corrected chi connectivity index (χ4v) is 3.23. The molecular weight excluding hydrogens is 359 g/mol. The van der Waals surface area contributed by atoms with Crippen molar-refractivity contribution in [2.24, 2.45) is 13.0 Å². The standard InChI is InChI=1S/C15H17BrCl2N2/c1-10-15(18)14(20(2)19-10)8-11(9-17)7-12-5-3-4-6-13(12)16/h3-6,11H,7-9H2,1-2H3. The smallest absolute Gasteiger partial charge is 0.0847 e. The van der Waals surface area contributed by atoms with Crippen LogP contribution in [0.15, 0.2) is 28.7 Å². The van der Waals surface area contributed by atoms with Crippen LogP contribution in [0.3, 0.4) is 0 Å². The first kappa shape index (κ1) is 15.9. The molecule has 108 valence electrons. The monoisotopic (exact) mass is 374 g/mol. The zero-order valence-corrected chi connectivity index (χ0v) is 14.6. The molecule has 2 rings (SSSR count). The van der Waals surface area contributed by atoms with Crippen LogP contribution < -0.4 is 0 Å². The van der Waals surface area contributed by atoms with Gasteiger partial charge in [0.05, 0.1) is 16.4 Å². The van der Waals surface area contributed by atoms with E-state index in [4.69, 9.17) is 23.2 Å². The lowest BCUT2D eigenvalue weighted by molar-refractivity contribution is 0.550. The van der Waals surface area contributed by atoms with Crippen LogP contribution in [-0.2, 0) is 19.9 Å². The van der Waals surface area contributed by atoms with Gasteiger partial charge >= 0.3 is 0 Å². The molecule has 1 aromatic heterocycles. The summed E-state index contributed by atoms with van der Waals surface area (Å²) in [7, 11) is 1.93. The number of aromatic nitrogens is 2. The molecule has 1 atom stereocenters. The summed E-state index contributed by atoms with van der Waals surface area (Å²) in [4.78, 5) is 0. The van der Waals surface area contributed by atoms with Gasteiger partial charge in [0.25, 0.3) is 0 Å². The van der Waals surface area contributed by atoms with E-state index in [0.717, 1.165) is 33.7 Å². The summed E-state index contributed by atoms with van der Waals surface area (Å²) in [5, 5.41) is 5.11.